The van der Waals surface area contributed by atoms with Gasteiger partial charge in [0.15, 0.2) is 0 Å². The number of rotatable bonds is 5. The van der Waals surface area contributed by atoms with Crippen molar-refractivity contribution in [2.24, 2.45) is 5.92 Å². The first-order valence-corrected chi connectivity index (χ1v) is 5.93. The summed E-state index contributed by atoms with van der Waals surface area (Å²) in [5.41, 5.74) is 2.29. The molecule has 0 spiro atoms. The molecule has 0 unspecified atom stereocenters. The third-order valence-corrected chi connectivity index (χ3v) is 3.09. The molecule has 1 aromatic rings. The minimum absolute atomic E-state index is 0.347. The van der Waals surface area contributed by atoms with Crippen LogP contribution in [0.25, 0.3) is 0 Å². The van der Waals surface area contributed by atoms with Gasteiger partial charge in [-0.15, -0.1) is 23.2 Å². The Kier molecular flexibility index (Phi) is 4.76. The summed E-state index contributed by atoms with van der Waals surface area (Å²) < 4.78 is 2.02. The van der Waals surface area contributed by atoms with Crippen LogP contribution in [0.5, 0.6) is 0 Å². The van der Waals surface area contributed by atoms with E-state index < -0.39 is 0 Å². The molecular weight excluding hydrogens is 219 g/mol. The van der Waals surface area contributed by atoms with Gasteiger partial charge in [-0.05, 0) is 32.3 Å². The quantitative estimate of drug-likeness (QED) is 0.717. The Balaban J connectivity index is 2.73. The van der Waals surface area contributed by atoms with E-state index in [1.807, 2.05) is 11.6 Å². The van der Waals surface area contributed by atoms with E-state index in [0.29, 0.717) is 17.7 Å². The van der Waals surface area contributed by atoms with Crippen molar-refractivity contribution in [3.05, 3.63) is 17.5 Å². The van der Waals surface area contributed by atoms with E-state index in [4.69, 9.17) is 23.2 Å². The second-order valence-corrected chi connectivity index (χ2v) is 4.09. The molecular formula is C10H16Cl2N2. The summed E-state index contributed by atoms with van der Waals surface area (Å²) in [6, 6.07) is 2.11. The summed E-state index contributed by atoms with van der Waals surface area (Å²) in [6.45, 7) is 5.00. The van der Waals surface area contributed by atoms with Crippen molar-refractivity contribution in [1.29, 1.82) is 0 Å². The largest absolute Gasteiger partial charge is 0.270 e. The lowest BCUT2D eigenvalue weighted by molar-refractivity contribution is 0.567. The normalized spacial score (nSPS) is 11.2. The Morgan fingerprint density at radius 3 is 2.57 bits per heavy atom. The topological polar surface area (TPSA) is 17.8 Å². The number of halogens is 2. The van der Waals surface area contributed by atoms with Crippen LogP contribution in [0.3, 0.4) is 0 Å². The van der Waals surface area contributed by atoms with Crippen LogP contribution in [0.4, 0.5) is 0 Å². The van der Waals surface area contributed by atoms with Crippen molar-refractivity contribution in [1.82, 2.24) is 9.78 Å². The first kappa shape index (κ1) is 11.9. The molecule has 0 atom stereocenters. The molecule has 0 aromatic carbocycles. The number of alkyl halides is 2. The molecule has 0 aliphatic rings. The predicted octanol–water partition coefficient (Wildman–Crippen LogP) is 2.85. The zero-order chi connectivity index (χ0) is 10.6. The average Bonchev–Trinajstić information content (AvgIpc) is 2.55. The van der Waals surface area contributed by atoms with Crippen molar-refractivity contribution >= 4 is 23.2 Å². The van der Waals surface area contributed by atoms with Gasteiger partial charge in [-0.2, -0.15) is 5.10 Å². The predicted molar refractivity (Wildman–Crippen MR) is 61.3 cm³/mol. The van der Waals surface area contributed by atoms with Crippen LogP contribution in [0.2, 0.25) is 0 Å². The molecule has 0 aliphatic carbocycles. The fourth-order valence-corrected chi connectivity index (χ4v) is 2.03. The number of aromatic nitrogens is 2. The summed E-state index contributed by atoms with van der Waals surface area (Å²) >= 11 is 11.6. The van der Waals surface area contributed by atoms with Crippen LogP contribution >= 0.6 is 23.2 Å². The lowest BCUT2D eigenvalue weighted by Gasteiger charge is -2.10. The van der Waals surface area contributed by atoms with E-state index >= 15 is 0 Å². The van der Waals surface area contributed by atoms with Crippen LogP contribution in [-0.2, 0) is 13.0 Å². The van der Waals surface area contributed by atoms with Crippen LogP contribution in [0.15, 0.2) is 6.07 Å². The van der Waals surface area contributed by atoms with E-state index in [-0.39, 0.29) is 0 Å². The summed E-state index contributed by atoms with van der Waals surface area (Å²) in [6.07, 6.45) is 0.918. The van der Waals surface area contributed by atoms with Gasteiger partial charge in [0, 0.05) is 24.0 Å². The lowest BCUT2D eigenvalue weighted by Crippen LogP contribution is -2.12. The standard InChI is InChI=1S/C10H16Cl2N2/c1-3-14-10(4-8(2)13-14)5-9(6-11)7-12/h4,9H,3,5-7H2,1-2H3. The van der Waals surface area contributed by atoms with Gasteiger partial charge in [-0.1, -0.05) is 0 Å². The van der Waals surface area contributed by atoms with E-state index in [1.54, 1.807) is 0 Å². The van der Waals surface area contributed by atoms with Gasteiger partial charge in [-0.3, -0.25) is 4.68 Å². The first-order chi connectivity index (χ1) is 6.71. The zero-order valence-corrected chi connectivity index (χ0v) is 10.1. The fourth-order valence-electron chi connectivity index (χ4n) is 1.48. The highest BCUT2D eigenvalue weighted by molar-refractivity contribution is 6.20. The number of hydrogen-bond donors (Lipinski definition) is 0. The monoisotopic (exact) mass is 234 g/mol. The molecule has 1 rings (SSSR count). The molecule has 0 radical (unpaired) electrons. The van der Waals surface area contributed by atoms with Crippen LogP contribution in [-0.4, -0.2) is 21.5 Å². The Hall–Kier alpha value is -0.210. The highest BCUT2D eigenvalue weighted by atomic mass is 35.5. The fraction of sp³-hybridized carbons (Fsp3) is 0.700. The third-order valence-electron chi connectivity index (χ3n) is 2.22. The molecule has 0 saturated carbocycles. The minimum atomic E-state index is 0.347. The highest BCUT2D eigenvalue weighted by Crippen LogP contribution is 2.13. The smallest absolute Gasteiger partial charge is 0.0596 e. The SMILES string of the molecule is CCn1nc(C)cc1CC(CCl)CCl. The van der Waals surface area contributed by atoms with Gasteiger partial charge in [0.05, 0.1) is 5.69 Å². The molecule has 0 fully saturated rings. The average molecular weight is 235 g/mol. The Labute approximate surface area is 95.2 Å². The summed E-state index contributed by atoms with van der Waals surface area (Å²) in [5, 5.41) is 4.38. The van der Waals surface area contributed by atoms with Crippen molar-refractivity contribution in [3.8, 4) is 0 Å². The molecule has 0 aliphatic heterocycles. The molecule has 0 amide bonds. The van der Waals surface area contributed by atoms with Gasteiger partial charge in [-0.25, -0.2) is 0 Å². The summed E-state index contributed by atoms with van der Waals surface area (Å²) in [5.74, 6) is 1.56. The van der Waals surface area contributed by atoms with Gasteiger partial charge in [0.1, 0.15) is 0 Å². The van der Waals surface area contributed by atoms with Crippen LogP contribution in [0.1, 0.15) is 18.3 Å². The third kappa shape index (κ3) is 2.89. The Morgan fingerprint density at radius 2 is 2.07 bits per heavy atom. The molecule has 1 aromatic heterocycles. The van der Waals surface area contributed by atoms with E-state index in [1.165, 1.54) is 5.69 Å². The maximum Gasteiger partial charge on any atom is 0.0596 e. The molecule has 2 nitrogen and oxygen atoms in total. The molecule has 80 valence electrons. The number of aryl methyl sites for hydroxylation is 2. The first-order valence-electron chi connectivity index (χ1n) is 4.86. The van der Waals surface area contributed by atoms with E-state index in [0.717, 1.165) is 18.7 Å². The molecule has 0 bridgehead atoms. The van der Waals surface area contributed by atoms with Gasteiger partial charge < -0.3 is 0 Å². The van der Waals surface area contributed by atoms with Gasteiger partial charge >= 0.3 is 0 Å². The molecule has 1 heterocycles. The van der Waals surface area contributed by atoms with E-state index in [9.17, 15) is 0 Å². The van der Waals surface area contributed by atoms with Crippen molar-refractivity contribution in [2.75, 3.05) is 11.8 Å². The summed E-state index contributed by atoms with van der Waals surface area (Å²) in [4.78, 5) is 0. The zero-order valence-electron chi connectivity index (χ0n) is 8.63. The second kappa shape index (κ2) is 5.62. The Morgan fingerprint density at radius 1 is 1.43 bits per heavy atom. The molecule has 14 heavy (non-hydrogen) atoms. The van der Waals surface area contributed by atoms with Crippen LogP contribution in [0, 0.1) is 12.8 Å². The Bertz CT molecular complexity index is 280. The van der Waals surface area contributed by atoms with E-state index in [2.05, 4.69) is 18.1 Å². The molecule has 0 saturated heterocycles. The van der Waals surface area contributed by atoms with Gasteiger partial charge in [0.25, 0.3) is 0 Å². The molecule has 4 heteroatoms. The van der Waals surface area contributed by atoms with Crippen molar-refractivity contribution < 1.29 is 0 Å². The minimum Gasteiger partial charge on any atom is -0.270 e. The highest BCUT2D eigenvalue weighted by Gasteiger charge is 2.11. The maximum absolute atomic E-state index is 5.81. The number of nitrogens with zero attached hydrogens (tertiary/aromatic N) is 2. The van der Waals surface area contributed by atoms with Crippen molar-refractivity contribution in [3.63, 3.8) is 0 Å². The van der Waals surface area contributed by atoms with Crippen LogP contribution < -0.4 is 0 Å². The maximum atomic E-state index is 5.81. The number of hydrogen-bond acceptors (Lipinski definition) is 1. The summed E-state index contributed by atoms with van der Waals surface area (Å²) in [7, 11) is 0. The van der Waals surface area contributed by atoms with Gasteiger partial charge in [0.2, 0.25) is 0 Å². The molecule has 0 N–H and O–H groups in total. The lowest BCUT2D eigenvalue weighted by atomic mass is 10.1. The van der Waals surface area contributed by atoms with Crippen molar-refractivity contribution in [2.45, 2.75) is 26.8 Å². The second-order valence-electron chi connectivity index (χ2n) is 3.47.